The standard InChI is InChI=1S/C29H34F3N3O7S/c1-43(38,39)34-14-10-23(11-15-34)42-24-7-6-20(26(17-24)41-19-29(30,31)32)16-27(36)33-12-8-22(9-13-33)35-25-5-3-2-4-21(25)18-40-28(35)37/h2-7,17,22-23H,8-16,18-19H2,1H3. The molecule has 2 aromatic rings. The van der Waals surface area contributed by atoms with Crippen LogP contribution in [-0.4, -0.2) is 87.0 Å². The van der Waals surface area contributed by atoms with Crippen LogP contribution < -0.4 is 14.4 Å². The van der Waals surface area contributed by atoms with Gasteiger partial charge in [-0.05, 0) is 37.8 Å². The molecule has 0 bridgehead atoms. The molecular weight excluding hydrogens is 591 g/mol. The van der Waals surface area contributed by atoms with E-state index in [0.29, 0.717) is 44.3 Å². The SMILES string of the molecule is CS(=O)(=O)N1CCC(Oc2ccc(CC(=O)N3CCC(N4C(=O)OCc5ccccc54)CC3)c(OCC(F)(F)F)c2)CC1. The molecule has 0 aliphatic carbocycles. The molecule has 2 saturated heterocycles. The van der Waals surface area contributed by atoms with Gasteiger partial charge >= 0.3 is 12.3 Å². The van der Waals surface area contributed by atoms with E-state index >= 15 is 0 Å². The van der Waals surface area contributed by atoms with Gasteiger partial charge in [-0.3, -0.25) is 9.69 Å². The number of carbonyl (C=O) groups is 2. The number of hydrogen-bond acceptors (Lipinski definition) is 7. The summed E-state index contributed by atoms with van der Waals surface area (Å²) in [6.45, 7) is 0.0193. The van der Waals surface area contributed by atoms with E-state index in [1.54, 1.807) is 15.9 Å². The van der Waals surface area contributed by atoms with Gasteiger partial charge in [-0.1, -0.05) is 24.3 Å². The van der Waals surface area contributed by atoms with Crippen molar-refractivity contribution >= 4 is 27.7 Å². The van der Waals surface area contributed by atoms with Crippen LogP contribution in [0.1, 0.15) is 36.8 Å². The molecule has 0 atom stereocenters. The zero-order valence-corrected chi connectivity index (χ0v) is 24.5. The summed E-state index contributed by atoms with van der Waals surface area (Å²) in [6.07, 6.45) is -2.42. The van der Waals surface area contributed by atoms with Crippen molar-refractivity contribution in [3.05, 3.63) is 53.6 Å². The molecule has 5 rings (SSSR count). The van der Waals surface area contributed by atoms with E-state index in [2.05, 4.69) is 0 Å². The van der Waals surface area contributed by atoms with Crippen LogP contribution in [0.3, 0.4) is 0 Å². The lowest BCUT2D eigenvalue weighted by molar-refractivity contribution is -0.153. The van der Waals surface area contributed by atoms with Gasteiger partial charge in [0.15, 0.2) is 6.61 Å². The summed E-state index contributed by atoms with van der Waals surface area (Å²) in [6, 6.07) is 11.8. The monoisotopic (exact) mass is 625 g/mol. The number of para-hydroxylation sites is 1. The molecule has 2 fully saturated rings. The maximum absolute atomic E-state index is 13.2. The smallest absolute Gasteiger partial charge is 0.422 e. The van der Waals surface area contributed by atoms with Gasteiger partial charge in [-0.2, -0.15) is 13.2 Å². The molecule has 0 unspecified atom stereocenters. The van der Waals surface area contributed by atoms with Gasteiger partial charge in [0, 0.05) is 49.4 Å². The van der Waals surface area contributed by atoms with Gasteiger partial charge < -0.3 is 19.1 Å². The molecule has 3 heterocycles. The number of hydrogen-bond donors (Lipinski definition) is 0. The van der Waals surface area contributed by atoms with Crippen LogP contribution in [0.25, 0.3) is 0 Å². The molecule has 0 radical (unpaired) electrons. The number of sulfonamides is 1. The highest BCUT2D eigenvalue weighted by Crippen LogP contribution is 2.33. The zero-order chi connectivity index (χ0) is 30.8. The minimum Gasteiger partial charge on any atom is -0.490 e. The minimum absolute atomic E-state index is 0.0979. The fourth-order valence-electron chi connectivity index (χ4n) is 5.69. The van der Waals surface area contributed by atoms with Crippen LogP contribution >= 0.6 is 0 Å². The number of nitrogens with zero attached hydrogens (tertiary/aromatic N) is 3. The summed E-state index contributed by atoms with van der Waals surface area (Å²) in [7, 11) is -3.31. The zero-order valence-electron chi connectivity index (χ0n) is 23.7. The highest BCUT2D eigenvalue weighted by Gasteiger charge is 2.35. The van der Waals surface area contributed by atoms with Crippen molar-refractivity contribution in [3.8, 4) is 11.5 Å². The quantitative estimate of drug-likeness (QED) is 0.435. The van der Waals surface area contributed by atoms with E-state index in [1.807, 2.05) is 24.3 Å². The van der Waals surface area contributed by atoms with Gasteiger partial charge in [-0.25, -0.2) is 17.5 Å². The molecular formula is C29H34F3N3O7S. The van der Waals surface area contributed by atoms with Crippen LogP contribution in [0.5, 0.6) is 11.5 Å². The average molecular weight is 626 g/mol. The number of ether oxygens (including phenoxy) is 3. The van der Waals surface area contributed by atoms with Crippen molar-refractivity contribution < 1.29 is 45.4 Å². The second-order valence-corrected chi connectivity index (χ2v) is 13.0. The normalized spacial score (nSPS) is 19.1. The average Bonchev–Trinajstić information content (AvgIpc) is 2.96. The Balaban J connectivity index is 1.22. The number of cyclic esters (lactones) is 1. The topological polar surface area (TPSA) is 106 Å². The number of carbonyl (C=O) groups excluding carboxylic acids is 2. The first-order chi connectivity index (χ1) is 20.4. The fourth-order valence-corrected chi connectivity index (χ4v) is 6.57. The first-order valence-electron chi connectivity index (χ1n) is 14.1. The summed E-state index contributed by atoms with van der Waals surface area (Å²) in [5, 5.41) is 0. The maximum atomic E-state index is 13.2. The Labute approximate surface area is 248 Å². The summed E-state index contributed by atoms with van der Waals surface area (Å²) >= 11 is 0. The second-order valence-electron chi connectivity index (χ2n) is 11.0. The molecule has 0 N–H and O–H groups in total. The molecule has 3 aliphatic heterocycles. The lowest BCUT2D eigenvalue weighted by atomic mass is 10.00. The molecule has 2 amide bonds. The van der Waals surface area contributed by atoms with E-state index < -0.39 is 28.9 Å². The van der Waals surface area contributed by atoms with Crippen LogP contribution in [-0.2, 0) is 32.6 Å². The van der Waals surface area contributed by atoms with Crippen molar-refractivity contribution in [2.24, 2.45) is 0 Å². The number of benzene rings is 2. The molecule has 234 valence electrons. The van der Waals surface area contributed by atoms with Crippen LogP contribution in [0.4, 0.5) is 23.7 Å². The minimum atomic E-state index is -4.58. The van der Waals surface area contributed by atoms with Gasteiger partial charge in [0.25, 0.3) is 0 Å². The Morgan fingerprint density at radius 3 is 2.40 bits per heavy atom. The Morgan fingerprint density at radius 2 is 1.72 bits per heavy atom. The first kappa shape index (κ1) is 30.9. The number of piperidine rings is 2. The van der Waals surface area contributed by atoms with Gasteiger partial charge in [0.2, 0.25) is 15.9 Å². The molecule has 3 aliphatic rings. The Morgan fingerprint density at radius 1 is 1.02 bits per heavy atom. The van der Waals surface area contributed by atoms with E-state index in [-0.39, 0.29) is 55.7 Å². The van der Waals surface area contributed by atoms with Gasteiger partial charge in [-0.15, -0.1) is 0 Å². The Kier molecular flexibility index (Phi) is 9.07. The Hall–Kier alpha value is -3.52. The number of rotatable bonds is 8. The summed E-state index contributed by atoms with van der Waals surface area (Å²) in [4.78, 5) is 29.1. The lowest BCUT2D eigenvalue weighted by Crippen LogP contribution is -2.50. The molecule has 43 heavy (non-hydrogen) atoms. The van der Waals surface area contributed by atoms with Crippen LogP contribution in [0, 0.1) is 0 Å². The van der Waals surface area contributed by atoms with E-state index in [4.69, 9.17) is 14.2 Å². The number of fused-ring (bicyclic) bond motifs is 1. The predicted octanol–water partition coefficient (Wildman–Crippen LogP) is 4.12. The number of alkyl halides is 3. The van der Waals surface area contributed by atoms with Crippen molar-refractivity contribution in [3.63, 3.8) is 0 Å². The maximum Gasteiger partial charge on any atom is 0.422 e. The van der Waals surface area contributed by atoms with Crippen molar-refractivity contribution in [1.82, 2.24) is 9.21 Å². The largest absolute Gasteiger partial charge is 0.490 e. The highest BCUT2D eigenvalue weighted by atomic mass is 32.2. The van der Waals surface area contributed by atoms with E-state index in [9.17, 15) is 31.2 Å². The molecule has 0 saturated carbocycles. The van der Waals surface area contributed by atoms with Crippen molar-refractivity contribution in [2.75, 3.05) is 43.9 Å². The summed E-state index contributed by atoms with van der Waals surface area (Å²) in [5.74, 6) is -0.0845. The first-order valence-corrected chi connectivity index (χ1v) is 16.0. The van der Waals surface area contributed by atoms with E-state index in [1.165, 1.54) is 16.4 Å². The summed E-state index contributed by atoms with van der Waals surface area (Å²) < 4.78 is 80.3. The number of likely N-dealkylation sites (tertiary alicyclic amines) is 1. The van der Waals surface area contributed by atoms with E-state index in [0.717, 1.165) is 17.5 Å². The van der Waals surface area contributed by atoms with Crippen molar-refractivity contribution in [1.29, 1.82) is 0 Å². The van der Waals surface area contributed by atoms with Crippen LogP contribution in [0.15, 0.2) is 42.5 Å². The summed E-state index contributed by atoms with van der Waals surface area (Å²) in [5.41, 5.74) is 2.01. The predicted molar refractivity (Wildman–Crippen MR) is 150 cm³/mol. The third kappa shape index (κ3) is 7.71. The van der Waals surface area contributed by atoms with Gasteiger partial charge in [0.05, 0.1) is 18.4 Å². The molecule has 14 heteroatoms. The second kappa shape index (κ2) is 12.6. The lowest BCUT2D eigenvalue weighted by Gasteiger charge is -2.40. The molecule has 10 nitrogen and oxygen atoms in total. The fraction of sp³-hybridized carbons (Fsp3) is 0.517. The third-order valence-electron chi connectivity index (χ3n) is 7.93. The number of anilines is 1. The number of amides is 2. The third-order valence-corrected chi connectivity index (χ3v) is 9.23. The van der Waals surface area contributed by atoms with Gasteiger partial charge in [0.1, 0.15) is 24.2 Å². The number of halogens is 3. The molecule has 0 aromatic heterocycles. The van der Waals surface area contributed by atoms with Crippen molar-refractivity contribution in [2.45, 2.75) is 57.0 Å². The molecule has 0 spiro atoms. The van der Waals surface area contributed by atoms with Crippen LogP contribution in [0.2, 0.25) is 0 Å². The Bertz CT molecular complexity index is 1440. The highest BCUT2D eigenvalue weighted by molar-refractivity contribution is 7.88. The molecule has 2 aromatic carbocycles.